The van der Waals surface area contributed by atoms with Gasteiger partial charge in [-0.25, -0.2) is 0 Å². The Balaban J connectivity index is 1.72. The van der Waals surface area contributed by atoms with Gasteiger partial charge in [0.2, 0.25) is 0 Å². The van der Waals surface area contributed by atoms with Gasteiger partial charge in [-0.2, -0.15) is 8.78 Å². The number of fused-ring (bicyclic) bond motifs is 1. The summed E-state index contributed by atoms with van der Waals surface area (Å²) in [5, 5.41) is 7.11. The fourth-order valence-corrected chi connectivity index (χ4v) is 2.59. The second-order valence-electron chi connectivity index (χ2n) is 5.96. The number of halogens is 3. The summed E-state index contributed by atoms with van der Waals surface area (Å²) in [5.41, 5.74) is 2.01. The van der Waals surface area contributed by atoms with Gasteiger partial charge in [0.05, 0.1) is 17.3 Å². The fourth-order valence-electron chi connectivity index (χ4n) is 2.36. The smallest absolute Gasteiger partial charge is 0.321 e. The Bertz CT molecular complexity index is 947. The molecule has 9 heteroatoms. The van der Waals surface area contributed by atoms with Gasteiger partial charge in [-0.3, -0.25) is 4.79 Å². The van der Waals surface area contributed by atoms with E-state index in [-0.39, 0.29) is 13.2 Å². The van der Waals surface area contributed by atoms with Crippen LogP contribution in [0.25, 0.3) is 10.9 Å². The molecule has 1 amide bonds. The minimum absolute atomic E-state index is 0.0535. The van der Waals surface area contributed by atoms with Crippen molar-refractivity contribution in [2.75, 3.05) is 0 Å². The molecule has 0 fully saturated rings. The summed E-state index contributed by atoms with van der Waals surface area (Å²) in [5.74, 6) is -3.75. The maximum absolute atomic E-state index is 12.9. The molecular formula is C17H16ClF2N3O3. The number of nitrogens with zero attached hydrogens (tertiary/aromatic N) is 1. The molecule has 2 aromatic heterocycles. The Morgan fingerprint density at radius 2 is 2.15 bits per heavy atom. The van der Waals surface area contributed by atoms with Gasteiger partial charge in [0, 0.05) is 35.7 Å². The van der Waals surface area contributed by atoms with E-state index < -0.39 is 11.8 Å². The fraction of sp³-hybridized carbons (Fsp3) is 0.294. The van der Waals surface area contributed by atoms with Crippen molar-refractivity contribution in [3.05, 3.63) is 46.4 Å². The minimum atomic E-state index is -3.42. The number of aromatic nitrogens is 2. The number of H-pyrrole nitrogens is 1. The predicted octanol–water partition coefficient (Wildman–Crippen LogP) is 3.97. The molecule has 0 aliphatic rings. The first kappa shape index (κ1) is 18.2. The molecule has 0 bridgehead atoms. The van der Waals surface area contributed by atoms with Gasteiger partial charge in [0.25, 0.3) is 5.91 Å². The summed E-state index contributed by atoms with van der Waals surface area (Å²) in [4.78, 5) is 14.3. The van der Waals surface area contributed by atoms with Crippen molar-refractivity contribution in [2.24, 2.45) is 0 Å². The van der Waals surface area contributed by atoms with Gasteiger partial charge in [-0.15, -0.1) is 0 Å². The largest absolute Gasteiger partial charge is 0.484 e. The Hall–Kier alpha value is -2.61. The van der Waals surface area contributed by atoms with Gasteiger partial charge in [0.15, 0.2) is 5.76 Å². The van der Waals surface area contributed by atoms with E-state index >= 15 is 0 Å². The minimum Gasteiger partial charge on any atom is -0.484 e. The van der Waals surface area contributed by atoms with Crippen molar-refractivity contribution in [3.63, 3.8) is 0 Å². The average molecular weight is 384 g/mol. The lowest BCUT2D eigenvalue weighted by Crippen LogP contribution is -2.37. The summed E-state index contributed by atoms with van der Waals surface area (Å²) >= 11 is 6.22. The van der Waals surface area contributed by atoms with Crippen LogP contribution in [0.2, 0.25) is 5.02 Å². The van der Waals surface area contributed by atoms with E-state index in [2.05, 4.69) is 15.5 Å². The lowest BCUT2D eigenvalue weighted by atomic mass is 10.2. The zero-order chi connectivity index (χ0) is 18.9. The van der Waals surface area contributed by atoms with Crippen molar-refractivity contribution in [3.8, 4) is 5.75 Å². The SMILES string of the molecule is Cc1cc(COc2cc3[nH]c(CNC(=O)C(C)(F)F)cc3cc2Cl)on1. The molecule has 0 saturated carbocycles. The number of benzene rings is 1. The predicted molar refractivity (Wildman–Crippen MR) is 91.3 cm³/mol. The number of nitrogens with one attached hydrogen (secondary N) is 2. The molecule has 0 aliphatic carbocycles. The molecule has 0 radical (unpaired) electrons. The molecular weight excluding hydrogens is 368 g/mol. The van der Waals surface area contributed by atoms with E-state index in [1.807, 2.05) is 0 Å². The first-order valence-electron chi connectivity index (χ1n) is 7.74. The highest BCUT2D eigenvalue weighted by molar-refractivity contribution is 6.32. The van der Waals surface area contributed by atoms with Gasteiger partial charge < -0.3 is 19.6 Å². The Kier molecular flexibility index (Phi) is 4.86. The summed E-state index contributed by atoms with van der Waals surface area (Å²) in [6, 6.07) is 6.86. The Labute approximate surface area is 152 Å². The van der Waals surface area contributed by atoms with Crippen LogP contribution in [0.1, 0.15) is 24.1 Å². The van der Waals surface area contributed by atoms with E-state index in [9.17, 15) is 13.6 Å². The number of amides is 1. The van der Waals surface area contributed by atoms with E-state index in [4.69, 9.17) is 20.9 Å². The molecule has 0 spiro atoms. The highest BCUT2D eigenvalue weighted by Crippen LogP contribution is 2.31. The van der Waals surface area contributed by atoms with Crippen LogP contribution in [0.5, 0.6) is 5.75 Å². The number of hydrogen-bond donors (Lipinski definition) is 2. The molecule has 0 saturated heterocycles. The molecule has 3 rings (SSSR count). The van der Waals surface area contributed by atoms with Crippen LogP contribution in [0.3, 0.4) is 0 Å². The third-order valence-electron chi connectivity index (χ3n) is 3.61. The Morgan fingerprint density at radius 1 is 1.38 bits per heavy atom. The van der Waals surface area contributed by atoms with E-state index in [1.54, 1.807) is 31.2 Å². The number of alkyl halides is 2. The summed E-state index contributed by atoms with van der Waals surface area (Å²) in [6.07, 6.45) is 0. The highest BCUT2D eigenvalue weighted by Gasteiger charge is 2.31. The summed E-state index contributed by atoms with van der Waals surface area (Å²) in [6.45, 7) is 2.47. The lowest BCUT2D eigenvalue weighted by Gasteiger charge is -2.09. The quantitative estimate of drug-likeness (QED) is 0.675. The van der Waals surface area contributed by atoms with E-state index in [0.717, 1.165) is 11.1 Å². The molecule has 0 atom stereocenters. The number of hydrogen-bond acceptors (Lipinski definition) is 4. The molecule has 0 aliphatic heterocycles. The van der Waals surface area contributed by atoms with Crippen molar-refractivity contribution >= 4 is 28.4 Å². The first-order valence-corrected chi connectivity index (χ1v) is 8.12. The zero-order valence-corrected chi connectivity index (χ0v) is 14.8. The summed E-state index contributed by atoms with van der Waals surface area (Å²) < 4.78 is 36.5. The lowest BCUT2D eigenvalue weighted by molar-refractivity contribution is -0.143. The normalized spacial score (nSPS) is 11.7. The van der Waals surface area contributed by atoms with Crippen molar-refractivity contribution in [1.82, 2.24) is 15.5 Å². The van der Waals surface area contributed by atoms with Crippen LogP contribution in [0.4, 0.5) is 8.78 Å². The van der Waals surface area contributed by atoms with Crippen molar-refractivity contribution in [1.29, 1.82) is 0 Å². The molecule has 2 heterocycles. The second kappa shape index (κ2) is 6.95. The standard InChI is InChI=1S/C17H16ClF2N3O3/c1-9-3-12(26-23-9)8-25-15-6-14-10(5-13(15)18)4-11(22-14)7-21-16(24)17(2,19)20/h3-6,22H,7-8H2,1-2H3,(H,21,24). The molecule has 2 N–H and O–H groups in total. The van der Waals surface area contributed by atoms with Gasteiger partial charge in [-0.05, 0) is 19.1 Å². The van der Waals surface area contributed by atoms with Crippen LogP contribution in [-0.2, 0) is 17.9 Å². The Morgan fingerprint density at radius 3 is 2.81 bits per heavy atom. The number of ether oxygens (including phenoxy) is 1. The average Bonchev–Trinajstić information content (AvgIpc) is 3.14. The molecule has 26 heavy (non-hydrogen) atoms. The molecule has 6 nitrogen and oxygen atoms in total. The van der Waals surface area contributed by atoms with E-state index in [0.29, 0.717) is 34.7 Å². The summed E-state index contributed by atoms with van der Waals surface area (Å²) in [7, 11) is 0. The molecule has 1 aromatic carbocycles. The van der Waals surface area contributed by atoms with E-state index in [1.165, 1.54) is 0 Å². The number of carbonyl (C=O) groups is 1. The first-order chi connectivity index (χ1) is 12.2. The second-order valence-corrected chi connectivity index (χ2v) is 6.37. The third-order valence-corrected chi connectivity index (χ3v) is 3.91. The molecule has 0 unspecified atom stereocenters. The topological polar surface area (TPSA) is 80.1 Å². The monoisotopic (exact) mass is 383 g/mol. The van der Waals surface area contributed by atoms with Crippen LogP contribution in [-0.4, -0.2) is 22.0 Å². The van der Waals surface area contributed by atoms with Crippen LogP contribution in [0.15, 0.2) is 28.8 Å². The number of rotatable bonds is 6. The number of aromatic amines is 1. The zero-order valence-electron chi connectivity index (χ0n) is 14.0. The maximum atomic E-state index is 12.9. The van der Waals surface area contributed by atoms with Gasteiger partial charge in [0.1, 0.15) is 12.4 Å². The van der Waals surface area contributed by atoms with Crippen LogP contribution in [0, 0.1) is 6.92 Å². The van der Waals surface area contributed by atoms with Crippen molar-refractivity contribution in [2.45, 2.75) is 32.9 Å². The van der Waals surface area contributed by atoms with Gasteiger partial charge >= 0.3 is 5.92 Å². The molecule has 138 valence electrons. The third kappa shape index (κ3) is 4.13. The van der Waals surface area contributed by atoms with Crippen LogP contribution < -0.4 is 10.1 Å². The van der Waals surface area contributed by atoms with Crippen LogP contribution >= 0.6 is 11.6 Å². The maximum Gasteiger partial charge on any atom is 0.321 e. The highest BCUT2D eigenvalue weighted by atomic mass is 35.5. The molecule has 3 aromatic rings. The van der Waals surface area contributed by atoms with Gasteiger partial charge in [-0.1, -0.05) is 16.8 Å². The number of carbonyl (C=O) groups excluding carboxylic acids is 1. The number of aryl methyl sites for hydroxylation is 1. The van der Waals surface area contributed by atoms with Crippen molar-refractivity contribution < 1.29 is 22.8 Å².